The van der Waals surface area contributed by atoms with E-state index >= 15 is 0 Å². The van der Waals surface area contributed by atoms with Crippen molar-refractivity contribution in [1.82, 2.24) is 20.6 Å². The largest absolute Gasteiger partial charge is 0.349 e. The van der Waals surface area contributed by atoms with E-state index in [-0.39, 0.29) is 5.91 Å². The highest BCUT2D eigenvalue weighted by Gasteiger charge is 2.12. The number of amides is 1. The number of para-hydroxylation sites is 2. The minimum Gasteiger partial charge on any atom is -0.349 e. The Morgan fingerprint density at radius 3 is 2.57 bits per heavy atom. The molecule has 1 heterocycles. The predicted octanol–water partition coefficient (Wildman–Crippen LogP) is 2.67. The summed E-state index contributed by atoms with van der Waals surface area (Å²) in [4.78, 5) is 20.8. The van der Waals surface area contributed by atoms with Gasteiger partial charge in [0.05, 0.1) is 17.2 Å². The van der Waals surface area contributed by atoms with Crippen molar-refractivity contribution in [2.45, 2.75) is 44.6 Å². The number of aromatic nitrogens is 2. The molecule has 0 radical (unpaired) electrons. The van der Waals surface area contributed by atoms with Gasteiger partial charge in [-0.25, -0.2) is 4.98 Å². The molecular formula is C18H24N4O. The molecule has 1 aromatic carbocycles. The van der Waals surface area contributed by atoms with E-state index in [0.29, 0.717) is 18.3 Å². The molecular weight excluding hydrogens is 288 g/mol. The molecule has 2 aromatic rings. The smallest absolute Gasteiger partial charge is 0.271 e. The number of fused-ring (bicyclic) bond motifs is 1. The summed E-state index contributed by atoms with van der Waals surface area (Å²) < 4.78 is 0. The highest BCUT2D eigenvalue weighted by Crippen LogP contribution is 2.16. The van der Waals surface area contributed by atoms with Crippen LogP contribution in [0.15, 0.2) is 30.5 Å². The van der Waals surface area contributed by atoms with E-state index in [4.69, 9.17) is 0 Å². The third-order valence-corrected chi connectivity index (χ3v) is 4.38. The maximum atomic E-state index is 12.2. The van der Waals surface area contributed by atoms with Gasteiger partial charge in [0, 0.05) is 19.1 Å². The molecule has 5 heteroatoms. The molecule has 1 aliphatic carbocycles. The first-order chi connectivity index (χ1) is 11.3. The maximum Gasteiger partial charge on any atom is 0.271 e. The molecule has 1 aliphatic rings. The minimum atomic E-state index is -0.161. The lowest BCUT2D eigenvalue weighted by molar-refractivity contribution is 0.0948. The highest BCUT2D eigenvalue weighted by molar-refractivity contribution is 5.93. The highest BCUT2D eigenvalue weighted by atomic mass is 16.1. The van der Waals surface area contributed by atoms with Crippen molar-refractivity contribution in [1.29, 1.82) is 0 Å². The zero-order chi connectivity index (χ0) is 15.9. The van der Waals surface area contributed by atoms with Crippen LogP contribution >= 0.6 is 0 Å². The number of rotatable bonds is 5. The van der Waals surface area contributed by atoms with E-state index in [1.165, 1.54) is 44.7 Å². The molecule has 1 saturated carbocycles. The van der Waals surface area contributed by atoms with Crippen molar-refractivity contribution in [3.63, 3.8) is 0 Å². The second-order valence-electron chi connectivity index (χ2n) is 6.14. The molecule has 0 unspecified atom stereocenters. The number of hydrogen-bond donors (Lipinski definition) is 2. The van der Waals surface area contributed by atoms with Crippen LogP contribution in [0.3, 0.4) is 0 Å². The lowest BCUT2D eigenvalue weighted by Gasteiger charge is -2.16. The van der Waals surface area contributed by atoms with Gasteiger partial charge in [-0.1, -0.05) is 37.8 Å². The van der Waals surface area contributed by atoms with Crippen LogP contribution in [-0.4, -0.2) is 35.0 Å². The Hall–Kier alpha value is -2.01. The Morgan fingerprint density at radius 2 is 1.78 bits per heavy atom. The third-order valence-electron chi connectivity index (χ3n) is 4.38. The maximum absolute atomic E-state index is 12.2. The SMILES string of the molecule is O=C(NCCNC1CCCCCC1)c1cnc2ccccc2n1. The first-order valence-corrected chi connectivity index (χ1v) is 8.56. The summed E-state index contributed by atoms with van der Waals surface area (Å²) in [5.41, 5.74) is 1.92. The van der Waals surface area contributed by atoms with Gasteiger partial charge in [-0.15, -0.1) is 0 Å². The second kappa shape index (κ2) is 8.02. The molecule has 0 atom stereocenters. The molecule has 5 nitrogen and oxygen atoms in total. The summed E-state index contributed by atoms with van der Waals surface area (Å²) in [7, 11) is 0. The van der Waals surface area contributed by atoms with Gasteiger partial charge in [0.1, 0.15) is 5.69 Å². The first kappa shape index (κ1) is 15.9. The summed E-state index contributed by atoms with van der Waals surface area (Å²) in [6.45, 7) is 1.42. The number of nitrogens with zero attached hydrogens (tertiary/aromatic N) is 2. The molecule has 0 spiro atoms. The first-order valence-electron chi connectivity index (χ1n) is 8.56. The Kier molecular flexibility index (Phi) is 5.53. The summed E-state index contributed by atoms with van der Waals surface area (Å²) in [6.07, 6.45) is 9.39. The lowest BCUT2D eigenvalue weighted by atomic mass is 10.1. The van der Waals surface area contributed by atoms with E-state index < -0.39 is 0 Å². The Labute approximate surface area is 136 Å². The van der Waals surface area contributed by atoms with Crippen molar-refractivity contribution >= 4 is 16.9 Å². The standard InChI is InChI=1S/C18H24N4O/c23-18(17-13-21-15-9-5-6-10-16(15)22-17)20-12-11-19-14-7-3-1-2-4-8-14/h5-6,9-10,13-14,19H,1-4,7-8,11-12H2,(H,20,23). The van der Waals surface area contributed by atoms with E-state index in [1.54, 1.807) is 0 Å². The van der Waals surface area contributed by atoms with E-state index in [1.807, 2.05) is 24.3 Å². The molecule has 1 aromatic heterocycles. The minimum absolute atomic E-state index is 0.161. The number of carbonyl (C=O) groups is 1. The molecule has 122 valence electrons. The van der Waals surface area contributed by atoms with Crippen LogP contribution < -0.4 is 10.6 Å². The molecule has 0 aliphatic heterocycles. The van der Waals surface area contributed by atoms with Crippen LogP contribution in [0.1, 0.15) is 49.0 Å². The second-order valence-corrected chi connectivity index (χ2v) is 6.14. The van der Waals surface area contributed by atoms with Gasteiger partial charge in [0.15, 0.2) is 0 Å². The van der Waals surface area contributed by atoms with Gasteiger partial charge in [-0.3, -0.25) is 9.78 Å². The van der Waals surface area contributed by atoms with Gasteiger partial charge in [-0.2, -0.15) is 0 Å². The summed E-state index contributed by atoms with van der Waals surface area (Å²) in [6, 6.07) is 8.17. The number of carbonyl (C=O) groups excluding carboxylic acids is 1. The average molecular weight is 312 g/mol. The quantitative estimate of drug-likeness (QED) is 0.658. The van der Waals surface area contributed by atoms with Crippen molar-refractivity contribution in [2.24, 2.45) is 0 Å². The summed E-state index contributed by atoms with van der Waals surface area (Å²) in [5, 5.41) is 6.46. The van der Waals surface area contributed by atoms with Gasteiger partial charge in [0.25, 0.3) is 5.91 Å². The topological polar surface area (TPSA) is 66.9 Å². The van der Waals surface area contributed by atoms with Crippen LogP contribution in [0.25, 0.3) is 11.0 Å². The normalized spacial score (nSPS) is 16.2. The van der Waals surface area contributed by atoms with Gasteiger partial charge >= 0.3 is 0 Å². The van der Waals surface area contributed by atoms with Crippen molar-refractivity contribution in [2.75, 3.05) is 13.1 Å². The van der Waals surface area contributed by atoms with Gasteiger partial charge in [0.2, 0.25) is 0 Å². The zero-order valence-electron chi connectivity index (χ0n) is 13.4. The number of hydrogen-bond acceptors (Lipinski definition) is 4. The fourth-order valence-corrected chi connectivity index (χ4v) is 3.09. The van der Waals surface area contributed by atoms with E-state index in [2.05, 4.69) is 20.6 Å². The summed E-state index contributed by atoms with van der Waals surface area (Å²) >= 11 is 0. The molecule has 1 amide bonds. The van der Waals surface area contributed by atoms with Crippen molar-refractivity contribution < 1.29 is 4.79 Å². The Bertz CT molecular complexity index is 650. The van der Waals surface area contributed by atoms with Gasteiger partial charge in [-0.05, 0) is 25.0 Å². The Balaban J connectivity index is 1.46. The van der Waals surface area contributed by atoms with Crippen LogP contribution in [0.4, 0.5) is 0 Å². The molecule has 2 N–H and O–H groups in total. The number of benzene rings is 1. The molecule has 23 heavy (non-hydrogen) atoms. The van der Waals surface area contributed by atoms with Crippen LogP contribution in [0.2, 0.25) is 0 Å². The lowest BCUT2D eigenvalue weighted by Crippen LogP contribution is -2.37. The van der Waals surface area contributed by atoms with Gasteiger partial charge < -0.3 is 10.6 Å². The van der Waals surface area contributed by atoms with Crippen molar-refractivity contribution in [3.8, 4) is 0 Å². The third kappa shape index (κ3) is 4.48. The fourth-order valence-electron chi connectivity index (χ4n) is 3.09. The van der Waals surface area contributed by atoms with E-state index in [0.717, 1.165) is 17.6 Å². The molecule has 0 bridgehead atoms. The zero-order valence-corrected chi connectivity index (χ0v) is 13.4. The molecule has 1 fully saturated rings. The van der Waals surface area contributed by atoms with Crippen LogP contribution in [0, 0.1) is 0 Å². The summed E-state index contributed by atoms with van der Waals surface area (Å²) in [5.74, 6) is -0.161. The van der Waals surface area contributed by atoms with E-state index in [9.17, 15) is 4.79 Å². The van der Waals surface area contributed by atoms with Crippen molar-refractivity contribution in [3.05, 3.63) is 36.2 Å². The fraction of sp³-hybridized carbons (Fsp3) is 0.500. The number of nitrogens with one attached hydrogen (secondary N) is 2. The monoisotopic (exact) mass is 312 g/mol. The van der Waals surface area contributed by atoms with Crippen LogP contribution in [0.5, 0.6) is 0 Å². The van der Waals surface area contributed by atoms with Crippen LogP contribution in [-0.2, 0) is 0 Å². The Morgan fingerprint density at radius 1 is 1.04 bits per heavy atom. The average Bonchev–Trinajstić information content (AvgIpc) is 2.87. The predicted molar refractivity (Wildman–Crippen MR) is 91.4 cm³/mol. The molecule has 3 rings (SSSR count). The molecule has 0 saturated heterocycles.